The lowest BCUT2D eigenvalue weighted by atomic mass is 9.99. The molecule has 3 aromatic rings. The number of aromatic nitrogens is 2. The summed E-state index contributed by atoms with van der Waals surface area (Å²) in [6, 6.07) is 8.77. The summed E-state index contributed by atoms with van der Waals surface area (Å²) in [5, 5.41) is 5.52. The maximum atomic E-state index is 13.3. The zero-order chi connectivity index (χ0) is 22.3. The van der Waals surface area contributed by atoms with Crippen molar-refractivity contribution in [1.29, 1.82) is 0 Å². The first-order valence-electron chi connectivity index (χ1n) is 9.91. The number of likely N-dealkylation sites (tertiary alicyclic amines) is 1. The van der Waals surface area contributed by atoms with E-state index in [0.717, 1.165) is 17.7 Å². The lowest BCUT2D eigenvalue weighted by Crippen LogP contribution is -2.36. The zero-order valence-electron chi connectivity index (χ0n) is 17.0. The second-order valence-electron chi connectivity index (χ2n) is 7.55. The van der Waals surface area contributed by atoms with Gasteiger partial charge in [0.15, 0.2) is 5.78 Å². The van der Waals surface area contributed by atoms with Gasteiger partial charge in [0.1, 0.15) is 11.6 Å². The second kappa shape index (κ2) is 8.94. The molecule has 2 aromatic heterocycles. The minimum Gasteiger partial charge on any atom is -0.342 e. The fourth-order valence-electron chi connectivity index (χ4n) is 3.82. The fraction of sp³-hybridized carbons (Fsp3) is 0.318. The van der Waals surface area contributed by atoms with Crippen molar-refractivity contribution in [2.24, 2.45) is 5.92 Å². The second-order valence-corrected chi connectivity index (χ2v) is 10.1. The number of benzene rings is 1. The Morgan fingerprint density at radius 1 is 1.10 bits per heavy atom. The van der Waals surface area contributed by atoms with Crippen LogP contribution in [0.2, 0.25) is 14.4 Å². The van der Waals surface area contributed by atoms with Gasteiger partial charge < -0.3 is 4.90 Å². The molecule has 31 heavy (non-hydrogen) atoms. The van der Waals surface area contributed by atoms with Gasteiger partial charge in [0, 0.05) is 23.7 Å². The highest BCUT2D eigenvalue weighted by atomic mass is 35.5. The van der Waals surface area contributed by atoms with Gasteiger partial charge in [-0.2, -0.15) is 5.10 Å². The van der Waals surface area contributed by atoms with E-state index in [0.29, 0.717) is 44.4 Å². The van der Waals surface area contributed by atoms with E-state index in [4.69, 9.17) is 34.8 Å². The topological polar surface area (TPSA) is 55.2 Å². The summed E-state index contributed by atoms with van der Waals surface area (Å²) in [6.07, 6.45) is 1.94. The maximum Gasteiger partial charge on any atom is 0.233 e. The first kappa shape index (κ1) is 22.3. The highest BCUT2D eigenvalue weighted by Gasteiger charge is 2.33. The molecule has 0 spiro atoms. The molecule has 162 valence electrons. The van der Waals surface area contributed by atoms with Crippen molar-refractivity contribution in [3.63, 3.8) is 0 Å². The highest BCUT2D eigenvalue weighted by Crippen LogP contribution is 2.38. The van der Waals surface area contributed by atoms with E-state index in [1.807, 2.05) is 13.0 Å². The first-order chi connectivity index (χ1) is 14.8. The monoisotopic (exact) mass is 495 g/mol. The van der Waals surface area contributed by atoms with Crippen molar-refractivity contribution in [3.05, 3.63) is 56.0 Å². The van der Waals surface area contributed by atoms with Crippen molar-refractivity contribution in [2.45, 2.75) is 26.7 Å². The van der Waals surface area contributed by atoms with Gasteiger partial charge in [-0.15, -0.1) is 11.3 Å². The Morgan fingerprint density at radius 2 is 1.81 bits per heavy atom. The SMILES string of the molecule is Cc1c(C(=O)C(C)C(=O)N2CCCC2)nn(-c2ccc(Cl)cc2Cl)c1-c1ccc(Cl)s1. The number of rotatable bonds is 5. The van der Waals surface area contributed by atoms with Crippen LogP contribution in [-0.2, 0) is 4.79 Å². The van der Waals surface area contributed by atoms with E-state index in [1.165, 1.54) is 11.3 Å². The van der Waals surface area contributed by atoms with Gasteiger partial charge in [0.05, 0.1) is 25.6 Å². The maximum absolute atomic E-state index is 13.3. The molecule has 1 aliphatic rings. The summed E-state index contributed by atoms with van der Waals surface area (Å²) in [4.78, 5) is 28.8. The van der Waals surface area contributed by atoms with Gasteiger partial charge in [0.2, 0.25) is 5.91 Å². The van der Waals surface area contributed by atoms with Gasteiger partial charge in [-0.25, -0.2) is 4.68 Å². The standard InChI is InChI=1S/C22H20Cl3N3O2S/c1-12-19(21(29)13(2)22(30)27-9-3-4-10-27)26-28(16-6-5-14(23)11-15(16)24)20(12)17-7-8-18(25)31-17/h5-8,11,13H,3-4,9-10H2,1-2H3. The number of nitrogens with zero attached hydrogens (tertiary/aromatic N) is 3. The molecule has 0 radical (unpaired) electrons. The van der Waals surface area contributed by atoms with Crippen LogP contribution < -0.4 is 0 Å². The predicted octanol–water partition coefficient (Wildman–Crippen LogP) is 6.31. The van der Waals surface area contributed by atoms with Gasteiger partial charge >= 0.3 is 0 Å². The summed E-state index contributed by atoms with van der Waals surface area (Å²) in [7, 11) is 0. The van der Waals surface area contributed by atoms with Crippen LogP contribution >= 0.6 is 46.1 Å². The summed E-state index contributed by atoms with van der Waals surface area (Å²) in [6.45, 7) is 4.88. The number of halogens is 3. The zero-order valence-corrected chi connectivity index (χ0v) is 20.1. The molecular formula is C22H20Cl3N3O2S. The minimum atomic E-state index is -0.805. The molecule has 1 fully saturated rings. The van der Waals surface area contributed by atoms with E-state index < -0.39 is 5.92 Å². The number of amides is 1. The number of Topliss-reactive ketones (excluding diaryl/α,β-unsaturated/α-hetero) is 1. The molecule has 1 saturated heterocycles. The van der Waals surface area contributed by atoms with Gasteiger partial charge in [-0.1, -0.05) is 34.8 Å². The Hall–Kier alpha value is -1.86. The van der Waals surface area contributed by atoms with Crippen molar-refractivity contribution in [2.75, 3.05) is 13.1 Å². The van der Waals surface area contributed by atoms with Gasteiger partial charge in [-0.05, 0) is 57.0 Å². The average Bonchev–Trinajstić information content (AvgIpc) is 3.47. The van der Waals surface area contributed by atoms with E-state index >= 15 is 0 Å². The Morgan fingerprint density at radius 3 is 2.42 bits per heavy atom. The first-order valence-corrected chi connectivity index (χ1v) is 11.9. The predicted molar refractivity (Wildman–Crippen MR) is 126 cm³/mol. The minimum absolute atomic E-state index is 0.151. The Kier molecular flexibility index (Phi) is 6.44. The number of thiophene rings is 1. The quantitative estimate of drug-likeness (QED) is 0.307. The molecule has 1 amide bonds. The van der Waals surface area contributed by atoms with E-state index in [-0.39, 0.29) is 17.4 Å². The lowest BCUT2D eigenvalue weighted by molar-refractivity contribution is -0.132. The average molecular weight is 497 g/mol. The molecule has 9 heteroatoms. The van der Waals surface area contributed by atoms with E-state index in [9.17, 15) is 9.59 Å². The van der Waals surface area contributed by atoms with Crippen molar-refractivity contribution in [1.82, 2.24) is 14.7 Å². The van der Waals surface area contributed by atoms with Crippen LogP contribution in [0, 0.1) is 12.8 Å². The number of ketones is 1. The largest absolute Gasteiger partial charge is 0.342 e. The Balaban J connectivity index is 1.81. The van der Waals surface area contributed by atoms with E-state index in [2.05, 4.69) is 5.10 Å². The number of carbonyl (C=O) groups is 2. The Labute approximate surface area is 199 Å². The van der Waals surface area contributed by atoms with Crippen molar-refractivity contribution in [3.8, 4) is 16.3 Å². The molecule has 0 N–H and O–H groups in total. The molecule has 0 saturated carbocycles. The number of hydrogen-bond donors (Lipinski definition) is 0. The molecule has 0 aliphatic carbocycles. The van der Waals surface area contributed by atoms with Crippen LogP contribution in [0.1, 0.15) is 35.8 Å². The molecule has 3 heterocycles. The fourth-order valence-corrected chi connectivity index (χ4v) is 5.44. The lowest BCUT2D eigenvalue weighted by Gasteiger charge is -2.19. The third kappa shape index (κ3) is 4.27. The Bertz CT molecular complexity index is 1160. The van der Waals surface area contributed by atoms with E-state index in [1.54, 1.807) is 40.8 Å². The molecule has 1 aliphatic heterocycles. The summed E-state index contributed by atoms with van der Waals surface area (Å²) < 4.78 is 2.26. The van der Waals surface area contributed by atoms with Crippen LogP contribution in [0.15, 0.2) is 30.3 Å². The summed E-state index contributed by atoms with van der Waals surface area (Å²) >= 11 is 20.1. The van der Waals surface area contributed by atoms with Crippen LogP contribution in [0.25, 0.3) is 16.3 Å². The molecule has 1 atom stereocenters. The normalized spacial score (nSPS) is 14.8. The van der Waals surface area contributed by atoms with Crippen LogP contribution in [0.4, 0.5) is 0 Å². The van der Waals surface area contributed by atoms with Crippen LogP contribution in [0.5, 0.6) is 0 Å². The highest BCUT2D eigenvalue weighted by molar-refractivity contribution is 7.19. The summed E-state index contributed by atoms with van der Waals surface area (Å²) in [5.41, 5.74) is 2.23. The van der Waals surface area contributed by atoms with Crippen molar-refractivity contribution >= 4 is 57.8 Å². The molecule has 0 bridgehead atoms. The number of carbonyl (C=O) groups excluding carboxylic acids is 2. The van der Waals surface area contributed by atoms with Gasteiger partial charge in [0.25, 0.3) is 0 Å². The van der Waals surface area contributed by atoms with Crippen LogP contribution in [-0.4, -0.2) is 39.5 Å². The number of hydrogen-bond acceptors (Lipinski definition) is 4. The smallest absolute Gasteiger partial charge is 0.233 e. The molecule has 1 unspecified atom stereocenters. The third-order valence-corrected chi connectivity index (χ3v) is 7.26. The molecule has 1 aromatic carbocycles. The molecule has 4 rings (SSSR count). The van der Waals surface area contributed by atoms with Crippen molar-refractivity contribution < 1.29 is 9.59 Å². The van der Waals surface area contributed by atoms with Crippen LogP contribution in [0.3, 0.4) is 0 Å². The third-order valence-electron chi connectivity index (χ3n) is 5.48. The molecule has 5 nitrogen and oxygen atoms in total. The van der Waals surface area contributed by atoms with Gasteiger partial charge in [-0.3, -0.25) is 9.59 Å². The molecular weight excluding hydrogens is 477 g/mol. The summed E-state index contributed by atoms with van der Waals surface area (Å²) in [5.74, 6) is -1.26.